The van der Waals surface area contributed by atoms with E-state index in [4.69, 9.17) is 5.11 Å². The van der Waals surface area contributed by atoms with E-state index < -0.39 is 17.4 Å². The van der Waals surface area contributed by atoms with Crippen LogP contribution in [0.15, 0.2) is 18.2 Å². The second-order valence-electron chi connectivity index (χ2n) is 5.72. The van der Waals surface area contributed by atoms with E-state index in [9.17, 15) is 14.3 Å². The second kappa shape index (κ2) is 5.89. The fraction of sp³-hybridized carbons (Fsp3) is 0.533. The zero-order valence-corrected chi connectivity index (χ0v) is 11.6. The number of carbonyl (C=O) groups is 1. The first-order valence-electron chi connectivity index (χ1n) is 6.82. The number of aliphatic hydroxyl groups is 1. The van der Waals surface area contributed by atoms with Crippen LogP contribution in [0.5, 0.6) is 0 Å². The number of nitrogens with zero attached hydrogens (tertiary/aromatic N) is 1. The lowest BCUT2D eigenvalue weighted by Crippen LogP contribution is -2.38. The summed E-state index contributed by atoms with van der Waals surface area (Å²) >= 11 is 0. The Morgan fingerprint density at radius 2 is 2.05 bits per heavy atom. The van der Waals surface area contributed by atoms with Crippen LogP contribution in [0, 0.1) is 5.82 Å². The van der Waals surface area contributed by atoms with Gasteiger partial charge in [-0.15, -0.1) is 0 Å². The number of halogens is 1. The third-order valence-corrected chi connectivity index (χ3v) is 3.81. The van der Waals surface area contributed by atoms with Gasteiger partial charge in [0.2, 0.25) is 0 Å². The number of benzene rings is 1. The normalized spacial score (nSPS) is 17.6. The summed E-state index contributed by atoms with van der Waals surface area (Å²) in [4.78, 5) is 12.7. The molecule has 0 radical (unpaired) electrons. The predicted molar refractivity (Wildman–Crippen MR) is 73.1 cm³/mol. The second-order valence-corrected chi connectivity index (χ2v) is 5.72. The largest absolute Gasteiger partial charge is 0.478 e. The van der Waals surface area contributed by atoms with Gasteiger partial charge in [0.25, 0.3) is 0 Å². The smallest absolute Gasteiger partial charge is 0.338 e. The minimum absolute atomic E-state index is 0.314. The molecule has 2 rings (SSSR count). The molecule has 0 aliphatic heterocycles. The van der Waals surface area contributed by atoms with Crippen molar-refractivity contribution in [3.05, 3.63) is 35.1 Å². The van der Waals surface area contributed by atoms with Gasteiger partial charge < -0.3 is 10.2 Å². The molecule has 1 aromatic carbocycles. The Morgan fingerprint density at radius 3 is 2.60 bits per heavy atom. The first-order chi connectivity index (χ1) is 9.39. The molecule has 4 nitrogen and oxygen atoms in total. The van der Waals surface area contributed by atoms with Crippen molar-refractivity contribution in [2.24, 2.45) is 0 Å². The Morgan fingerprint density at radius 1 is 1.40 bits per heavy atom. The van der Waals surface area contributed by atoms with E-state index in [1.165, 1.54) is 12.1 Å². The molecule has 1 saturated carbocycles. The molecule has 20 heavy (non-hydrogen) atoms. The van der Waals surface area contributed by atoms with E-state index in [1.54, 1.807) is 6.07 Å². The van der Waals surface area contributed by atoms with Crippen molar-refractivity contribution in [1.29, 1.82) is 0 Å². The topological polar surface area (TPSA) is 60.8 Å². The fourth-order valence-corrected chi connectivity index (χ4v) is 2.89. The minimum Gasteiger partial charge on any atom is -0.478 e. The summed E-state index contributed by atoms with van der Waals surface area (Å²) < 4.78 is 13.6. The van der Waals surface area contributed by atoms with Crippen LogP contribution >= 0.6 is 0 Å². The van der Waals surface area contributed by atoms with E-state index >= 15 is 0 Å². The highest BCUT2D eigenvalue weighted by atomic mass is 19.1. The molecule has 0 saturated heterocycles. The van der Waals surface area contributed by atoms with Crippen LogP contribution in [0.2, 0.25) is 0 Å². The monoisotopic (exact) mass is 281 g/mol. The number of aromatic carboxylic acids is 1. The van der Waals surface area contributed by atoms with Crippen molar-refractivity contribution in [2.75, 3.05) is 13.6 Å². The van der Waals surface area contributed by atoms with Gasteiger partial charge in [-0.25, -0.2) is 9.18 Å². The molecule has 0 heterocycles. The molecule has 0 aromatic heterocycles. The van der Waals surface area contributed by atoms with Crippen molar-refractivity contribution >= 4 is 5.97 Å². The molecule has 1 aliphatic carbocycles. The number of hydrogen-bond acceptors (Lipinski definition) is 3. The average Bonchev–Trinajstić information content (AvgIpc) is 2.74. The number of hydrogen-bond donors (Lipinski definition) is 2. The van der Waals surface area contributed by atoms with Crippen LogP contribution in [0.4, 0.5) is 4.39 Å². The van der Waals surface area contributed by atoms with Gasteiger partial charge in [-0.2, -0.15) is 0 Å². The van der Waals surface area contributed by atoms with E-state index in [-0.39, 0.29) is 5.56 Å². The van der Waals surface area contributed by atoms with Gasteiger partial charge in [-0.1, -0.05) is 18.9 Å². The standard InChI is InChI=1S/C15H20FNO3/c1-17(10-15(20)6-2-3-7-15)9-11-4-5-12(14(18)19)13(16)8-11/h4-5,8,20H,2-3,6-7,9-10H2,1H3,(H,18,19). The van der Waals surface area contributed by atoms with Gasteiger partial charge in [0, 0.05) is 13.1 Å². The average molecular weight is 281 g/mol. The van der Waals surface area contributed by atoms with Crippen LogP contribution in [0.1, 0.15) is 41.6 Å². The lowest BCUT2D eigenvalue weighted by molar-refractivity contribution is 0.0145. The SMILES string of the molecule is CN(Cc1ccc(C(=O)O)c(F)c1)CC1(O)CCCC1. The van der Waals surface area contributed by atoms with Crippen LogP contribution in [0.3, 0.4) is 0 Å². The molecule has 5 heteroatoms. The number of likely N-dealkylation sites (N-methyl/N-ethyl adjacent to an activating group) is 1. The summed E-state index contributed by atoms with van der Waals surface area (Å²) in [6.45, 7) is 1.04. The van der Waals surface area contributed by atoms with Crippen molar-refractivity contribution in [1.82, 2.24) is 4.90 Å². The van der Waals surface area contributed by atoms with Crippen molar-refractivity contribution in [3.8, 4) is 0 Å². The van der Waals surface area contributed by atoms with E-state index in [2.05, 4.69) is 0 Å². The maximum absolute atomic E-state index is 13.6. The van der Waals surface area contributed by atoms with Crippen molar-refractivity contribution in [2.45, 2.75) is 37.8 Å². The molecular formula is C15H20FNO3. The lowest BCUT2D eigenvalue weighted by atomic mass is 10.0. The molecule has 1 aliphatic rings. The van der Waals surface area contributed by atoms with Crippen LogP contribution in [-0.4, -0.2) is 40.3 Å². The number of carboxylic acids is 1. The Balaban J connectivity index is 1.99. The first-order valence-corrected chi connectivity index (χ1v) is 6.82. The molecule has 0 atom stereocenters. The van der Waals surface area contributed by atoms with Gasteiger partial charge in [-0.3, -0.25) is 4.90 Å². The van der Waals surface area contributed by atoms with Gasteiger partial charge in [0.05, 0.1) is 11.2 Å². The summed E-state index contributed by atoms with van der Waals surface area (Å²) in [6.07, 6.45) is 3.71. The maximum Gasteiger partial charge on any atom is 0.338 e. The van der Waals surface area contributed by atoms with Crippen LogP contribution in [-0.2, 0) is 6.54 Å². The Labute approximate surface area is 117 Å². The Kier molecular flexibility index (Phi) is 4.40. The highest BCUT2D eigenvalue weighted by molar-refractivity contribution is 5.87. The van der Waals surface area contributed by atoms with Crippen LogP contribution < -0.4 is 0 Å². The summed E-state index contributed by atoms with van der Waals surface area (Å²) in [5.74, 6) is -1.98. The minimum atomic E-state index is -1.26. The number of rotatable bonds is 5. The Bertz CT molecular complexity index is 498. The van der Waals surface area contributed by atoms with E-state index in [1.807, 2.05) is 11.9 Å². The predicted octanol–water partition coefficient (Wildman–Crippen LogP) is 2.26. The fourth-order valence-electron chi connectivity index (χ4n) is 2.89. The zero-order valence-electron chi connectivity index (χ0n) is 11.6. The highest BCUT2D eigenvalue weighted by Crippen LogP contribution is 2.30. The van der Waals surface area contributed by atoms with Gasteiger partial charge >= 0.3 is 5.97 Å². The zero-order chi connectivity index (χ0) is 14.8. The van der Waals surface area contributed by atoms with Crippen molar-refractivity contribution in [3.63, 3.8) is 0 Å². The molecule has 1 aromatic rings. The molecule has 0 unspecified atom stereocenters. The lowest BCUT2D eigenvalue weighted by Gasteiger charge is -2.28. The van der Waals surface area contributed by atoms with E-state index in [0.717, 1.165) is 25.7 Å². The summed E-state index contributed by atoms with van der Waals surface area (Å²) in [7, 11) is 1.87. The molecule has 0 bridgehead atoms. The first kappa shape index (κ1) is 14.9. The molecule has 0 amide bonds. The third-order valence-electron chi connectivity index (χ3n) is 3.81. The van der Waals surface area contributed by atoms with Gasteiger partial charge in [-0.05, 0) is 37.6 Å². The molecule has 2 N–H and O–H groups in total. The number of carboxylic acid groups (broad SMARTS) is 1. The van der Waals surface area contributed by atoms with Crippen molar-refractivity contribution < 1.29 is 19.4 Å². The Hall–Kier alpha value is -1.46. The van der Waals surface area contributed by atoms with E-state index in [0.29, 0.717) is 18.7 Å². The molecule has 110 valence electrons. The third kappa shape index (κ3) is 3.55. The van der Waals surface area contributed by atoms with Gasteiger partial charge in [0.15, 0.2) is 0 Å². The highest BCUT2D eigenvalue weighted by Gasteiger charge is 2.32. The molecule has 0 spiro atoms. The van der Waals surface area contributed by atoms with Crippen LogP contribution in [0.25, 0.3) is 0 Å². The summed E-state index contributed by atoms with van der Waals surface area (Å²) in [6, 6.07) is 4.14. The summed E-state index contributed by atoms with van der Waals surface area (Å²) in [5, 5.41) is 19.1. The quantitative estimate of drug-likeness (QED) is 0.869. The molecular weight excluding hydrogens is 261 g/mol. The van der Waals surface area contributed by atoms with Gasteiger partial charge in [0.1, 0.15) is 5.82 Å². The maximum atomic E-state index is 13.6. The molecule has 1 fully saturated rings. The summed E-state index contributed by atoms with van der Waals surface area (Å²) in [5.41, 5.74) is -0.240.